The van der Waals surface area contributed by atoms with E-state index in [0.29, 0.717) is 27.4 Å². The van der Waals surface area contributed by atoms with Crippen molar-refractivity contribution in [3.63, 3.8) is 0 Å². The van der Waals surface area contributed by atoms with Crippen LogP contribution in [-0.4, -0.2) is 32.9 Å². The molecule has 0 unspecified atom stereocenters. The molecule has 0 spiro atoms. The number of aromatic hydroxyl groups is 1. The van der Waals surface area contributed by atoms with Gasteiger partial charge in [0.15, 0.2) is 0 Å². The Morgan fingerprint density at radius 1 is 1.33 bits per heavy atom. The van der Waals surface area contributed by atoms with E-state index in [1.807, 2.05) is 0 Å². The fourth-order valence-electron chi connectivity index (χ4n) is 2.96. The summed E-state index contributed by atoms with van der Waals surface area (Å²) in [4.78, 5) is 2.66. The molecule has 0 radical (unpaired) electrons. The van der Waals surface area contributed by atoms with Crippen LogP contribution in [0.25, 0.3) is 11.5 Å². The van der Waals surface area contributed by atoms with E-state index >= 15 is 0 Å². The number of rotatable bonds is 4. The van der Waals surface area contributed by atoms with Gasteiger partial charge in [0.05, 0.1) is 16.7 Å². The molecule has 0 atom stereocenters. The molecule has 2 aromatic rings. The van der Waals surface area contributed by atoms with Crippen LogP contribution in [0.4, 0.5) is 0 Å². The van der Waals surface area contributed by atoms with E-state index in [9.17, 15) is 5.11 Å². The zero-order valence-corrected chi connectivity index (χ0v) is 17.3. The van der Waals surface area contributed by atoms with Gasteiger partial charge in [0, 0.05) is 17.6 Å². The molecule has 3 rings (SSSR count). The van der Waals surface area contributed by atoms with Gasteiger partial charge in [-0.1, -0.05) is 29.3 Å². The van der Waals surface area contributed by atoms with Gasteiger partial charge in [-0.05, 0) is 59.0 Å². The van der Waals surface area contributed by atoms with Gasteiger partial charge in [0.1, 0.15) is 5.75 Å². The van der Waals surface area contributed by atoms with Gasteiger partial charge in [-0.25, -0.2) is 4.68 Å². The quantitative estimate of drug-likeness (QED) is 0.616. The molecule has 1 aromatic heterocycles. The molecule has 24 heavy (non-hydrogen) atoms. The summed E-state index contributed by atoms with van der Waals surface area (Å²) >= 11 is 12.0. The number of likely N-dealkylation sites (tertiary alicyclic amines) is 1. The molecule has 1 aromatic carbocycles. The number of nitrogens with zero attached hydrogens (tertiary/aromatic N) is 3. The van der Waals surface area contributed by atoms with Crippen LogP contribution in [0.2, 0.25) is 0 Å². The van der Waals surface area contributed by atoms with Crippen LogP contribution in [-0.2, 0) is 6.67 Å². The highest BCUT2D eigenvalue weighted by Gasteiger charge is 2.20. The molecule has 0 bridgehead atoms. The topological polar surface area (TPSA) is 54.4 Å². The maximum atomic E-state index is 10.2. The number of benzene rings is 1. The number of halogens is 2. The van der Waals surface area contributed by atoms with E-state index in [4.69, 9.17) is 16.6 Å². The summed E-state index contributed by atoms with van der Waals surface area (Å²) in [6.45, 7) is 4.98. The van der Waals surface area contributed by atoms with Crippen LogP contribution < -0.4 is 0 Å². The molecule has 0 aliphatic carbocycles. The number of aromatic nitrogens is 2. The fraction of sp³-hybridized carbons (Fsp3) is 0.500. The third-order valence-electron chi connectivity index (χ3n) is 4.48. The largest absolute Gasteiger partial charge is 0.506 e. The van der Waals surface area contributed by atoms with Gasteiger partial charge in [-0.3, -0.25) is 4.90 Å². The minimum absolute atomic E-state index is 0.0883. The lowest BCUT2D eigenvalue weighted by Gasteiger charge is -2.30. The number of hydrogen-bond donors (Lipinski definition) is 1. The van der Waals surface area contributed by atoms with E-state index < -0.39 is 0 Å². The van der Waals surface area contributed by atoms with Crippen molar-refractivity contribution < 1.29 is 9.52 Å². The van der Waals surface area contributed by atoms with E-state index in [-0.39, 0.29) is 5.75 Å². The highest BCUT2D eigenvalue weighted by molar-refractivity contribution is 9.11. The lowest BCUT2D eigenvalue weighted by molar-refractivity contribution is 0.137. The van der Waals surface area contributed by atoms with Crippen LogP contribution in [0.15, 0.2) is 25.5 Å². The molecule has 2 heterocycles. The van der Waals surface area contributed by atoms with Crippen molar-refractivity contribution in [1.29, 1.82) is 0 Å². The highest BCUT2D eigenvalue weighted by Crippen LogP contribution is 2.37. The van der Waals surface area contributed by atoms with E-state index in [0.717, 1.165) is 23.5 Å². The second-order valence-electron chi connectivity index (χ2n) is 6.07. The molecule has 8 heteroatoms. The van der Waals surface area contributed by atoms with Gasteiger partial charge in [0.2, 0.25) is 0 Å². The first kappa shape index (κ1) is 18.1. The van der Waals surface area contributed by atoms with Crippen molar-refractivity contribution in [2.45, 2.75) is 32.9 Å². The third kappa shape index (κ3) is 3.92. The molecule has 5 nitrogen and oxygen atoms in total. The summed E-state index contributed by atoms with van der Waals surface area (Å²) < 4.78 is 8.69. The summed E-state index contributed by atoms with van der Waals surface area (Å²) in [5.41, 5.74) is 0.505. The first-order chi connectivity index (χ1) is 11.5. The highest BCUT2D eigenvalue weighted by atomic mass is 79.9. The maximum absolute atomic E-state index is 10.2. The first-order valence-corrected chi connectivity index (χ1v) is 9.96. The Kier molecular flexibility index (Phi) is 5.79. The van der Waals surface area contributed by atoms with Crippen LogP contribution in [0.5, 0.6) is 5.75 Å². The van der Waals surface area contributed by atoms with Crippen LogP contribution in [0.3, 0.4) is 0 Å². The standard InChI is InChI=1S/C16H19Br2N3O2S/c1-2-10-3-5-20(6-4-10)9-21-16(24)23-15(19-21)12-7-11(17)8-13(18)14(12)22/h7-8,10,22H,2-6,9H2,1H3. The zero-order valence-electron chi connectivity index (χ0n) is 13.3. The fourth-order valence-corrected chi connectivity index (χ4v) is 4.36. The predicted molar refractivity (Wildman–Crippen MR) is 102 cm³/mol. The van der Waals surface area contributed by atoms with Gasteiger partial charge in [-0.15, -0.1) is 5.10 Å². The number of phenols is 1. The average molecular weight is 477 g/mol. The Bertz CT molecular complexity index is 782. The lowest BCUT2D eigenvalue weighted by atomic mass is 9.95. The molecule has 1 aliphatic rings. The molecule has 1 N–H and O–H groups in total. The summed E-state index contributed by atoms with van der Waals surface area (Å²) in [6.07, 6.45) is 3.68. The SMILES string of the molecule is CCC1CCN(Cn2nc(-c3cc(Br)cc(Br)c3O)oc2=S)CC1. The minimum atomic E-state index is 0.0883. The van der Waals surface area contributed by atoms with Crippen molar-refractivity contribution in [3.8, 4) is 17.2 Å². The van der Waals surface area contributed by atoms with Crippen LogP contribution in [0, 0.1) is 10.8 Å². The monoisotopic (exact) mass is 475 g/mol. The Balaban J connectivity index is 1.80. The average Bonchev–Trinajstić information content (AvgIpc) is 2.92. The molecule has 1 saturated heterocycles. The molecule has 1 aliphatic heterocycles. The minimum Gasteiger partial charge on any atom is -0.506 e. The molecule has 1 fully saturated rings. The lowest BCUT2D eigenvalue weighted by Crippen LogP contribution is -2.35. The molecular weight excluding hydrogens is 458 g/mol. The Morgan fingerprint density at radius 3 is 2.71 bits per heavy atom. The van der Waals surface area contributed by atoms with E-state index in [2.05, 4.69) is 48.8 Å². The third-order valence-corrected chi connectivity index (χ3v) is 5.84. The molecule has 130 valence electrons. The normalized spacial score (nSPS) is 16.6. The second-order valence-corrected chi connectivity index (χ2v) is 8.19. The predicted octanol–water partition coefficient (Wildman–Crippen LogP) is 5.18. The van der Waals surface area contributed by atoms with Gasteiger partial charge in [0.25, 0.3) is 10.7 Å². The maximum Gasteiger partial charge on any atom is 0.288 e. The Morgan fingerprint density at radius 2 is 2.04 bits per heavy atom. The van der Waals surface area contributed by atoms with Crippen molar-refractivity contribution in [1.82, 2.24) is 14.7 Å². The first-order valence-electron chi connectivity index (χ1n) is 7.96. The van der Waals surface area contributed by atoms with Crippen molar-refractivity contribution in [2.75, 3.05) is 13.1 Å². The second kappa shape index (κ2) is 7.68. The van der Waals surface area contributed by atoms with Crippen molar-refractivity contribution >= 4 is 44.1 Å². The smallest absolute Gasteiger partial charge is 0.288 e. The Hall–Kier alpha value is -0.700. The molecule has 0 saturated carbocycles. The number of phenolic OH excluding ortho intramolecular Hbond substituents is 1. The van der Waals surface area contributed by atoms with E-state index in [1.54, 1.807) is 16.8 Å². The van der Waals surface area contributed by atoms with Crippen molar-refractivity contribution in [3.05, 3.63) is 25.9 Å². The molecular formula is C16H19Br2N3O2S. The number of hydrogen-bond acceptors (Lipinski definition) is 5. The molecule has 0 amide bonds. The summed E-state index contributed by atoms with van der Waals surface area (Å²) in [5, 5.41) is 14.7. The van der Waals surface area contributed by atoms with Gasteiger partial charge in [-0.2, -0.15) is 0 Å². The summed E-state index contributed by atoms with van der Waals surface area (Å²) in [7, 11) is 0. The summed E-state index contributed by atoms with van der Waals surface area (Å²) in [5.74, 6) is 1.24. The van der Waals surface area contributed by atoms with E-state index in [1.165, 1.54) is 19.3 Å². The Labute approximate surface area is 162 Å². The summed E-state index contributed by atoms with van der Waals surface area (Å²) in [6, 6.07) is 3.53. The number of piperidine rings is 1. The van der Waals surface area contributed by atoms with Crippen molar-refractivity contribution in [2.24, 2.45) is 5.92 Å². The van der Waals surface area contributed by atoms with Gasteiger partial charge >= 0.3 is 0 Å². The van der Waals surface area contributed by atoms with Crippen LogP contribution in [0.1, 0.15) is 26.2 Å². The zero-order chi connectivity index (χ0) is 17.3. The van der Waals surface area contributed by atoms with Gasteiger partial charge < -0.3 is 9.52 Å². The van der Waals surface area contributed by atoms with Crippen LogP contribution >= 0.6 is 44.1 Å².